The topological polar surface area (TPSA) is 102 Å². The molecular formula is C13H23ClN4O4S. The van der Waals surface area contributed by atoms with E-state index in [-0.39, 0.29) is 24.4 Å². The fourth-order valence-corrected chi connectivity index (χ4v) is 4.14. The van der Waals surface area contributed by atoms with Crippen LogP contribution in [0.15, 0.2) is 20.7 Å². The summed E-state index contributed by atoms with van der Waals surface area (Å²) >= 11 is 0. The molecule has 2 unspecified atom stereocenters. The summed E-state index contributed by atoms with van der Waals surface area (Å²) in [6.07, 6.45) is 3.00. The lowest BCUT2D eigenvalue weighted by Crippen LogP contribution is -2.47. The average molecular weight is 367 g/mol. The summed E-state index contributed by atoms with van der Waals surface area (Å²) in [5, 5.41) is 3.23. The summed E-state index contributed by atoms with van der Waals surface area (Å²) in [5.41, 5.74) is -1.38. The summed E-state index contributed by atoms with van der Waals surface area (Å²) in [7, 11) is -1.30. The first-order valence-corrected chi connectivity index (χ1v) is 8.72. The second-order valence-corrected chi connectivity index (χ2v) is 7.45. The third kappa shape index (κ3) is 4.23. The molecule has 132 valence electrons. The molecule has 2 atom stereocenters. The highest BCUT2D eigenvalue weighted by molar-refractivity contribution is 7.89. The van der Waals surface area contributed by atoms with E-state index in [1.807, 2.05) is 0 Å². The van der Waals surface area contributed by atoms with Gasteiger partial charge in [-0.3, -0.25) is 9.36 Å². The number of hydrogen-bond acceptors (Lipinski definition) is 5. The lowest BCUT2D eigenvalue weighted by molar-refractivity contribution is 0.320. The third-order valence-corrected chi connectivity index (χ3v) is 5.63. The normalized spacial score (nSPS) is 19.9. The van der Waals surface area contributed by atoms with Gasteiger partial charge in [0.05, 0.1) is 0 Å². The highest BCUT2D eigenvalue weighted by atomic mass is 35.5. The fourth-order valence-electron chi connectivity index (χ4n) is 2.67. The number of nitrogens with zero attached hydrogens (tertiary/aromatic N) is 2. The minimum Gasteiger partial charge on any atom is -0.316 e. The molecule has 0 amide bonds. The van der Waals surface area contributed by atoms with Crippen molar-refractivity contribution in [1.82, 2.24) is 19.2 Å². The van der Waals surface area contributed by atoms with Crippen LogP contribution in [0, 0.1) is 5.92 Å². The predicted octanol–water partition coefficient (Wildman–Crippen LogP) is -0.828. The first-order chi connectivity index (χ1) is 10.2. The lowest BCUT2D eigenvalue weighted by Gasteiger charge is -2.28. The van der Waals surface area contributed by atoms with E-state index in [0.29, 0.717) is 0 Å². The van der Waals surface area contributed by atoms with E-state index in [0.717, 1.165) is 41.3 Å². The Morgan fingerprint density at radius 1 is 1.35 bits per heavy atom. The van der Waals surface area contributed by atoms with Crippen LogP contribution in [0.1, 0.15) is 19.8 Å². The number of nitrogens with one attached hydrogen (secondary N) is 2. The van der Waals surface area contributed by atoms with Crippen LogP contribution in [0.2, 0.25) is 0 Å². The van der Waals surface area contributed by atoms with E-state index in [9.17, 15) is 18.0 Å². The Balaban J connectivity index is 0.00000264. The molecule has 10 heteroatoms. The molecule has 1 aliphatic heterocycles. The van der Waals surface area contributed by atoms with Gasteiger partial charge in [-0.05, 0) is 38.8 Å². The van der Waals surface area contributed by atoms with Crippen molar-refractivity contribution in [3.8, 4) is 0 Å². The zero-order valence-electron chi connectivity index (χ0n) is 13.4. The third-order valence-electron chi connectivity index (χ3n) is 4.09. The van der Waals surface area contributed by atoms with Gasteiger partial charge < -0.3 is 9.88 Å². The van der Waals surface area contributed by atoms with E-state index < -0.39 is 26.2 Å². The van der Waals surface area contributed by atoms with Gasteiger partial charge in [0.1, 0.15) is 0 Å². The van der Waals surface area contributed by atoms with Crippen molar-refractivity contribution in [1.29, 1.82) is 0 Å². The number of sulfonamides is 1. The summed E-state index contributed by atoms with van der Waals surface area (Å²) in [5.74, 6) is 0.180. The SMILES string of the molecule is CC(NS(=O)(=O)c1cn(C)c(=O)n(C)c1=O)C1CCCNC1.Cl. The molecule has 8 nitrogen and oxygen atoms in total. The van der Waals surface area contributed by atoms with Crippen LogP contribution < -0.4 is 21.3 Å². The number of rotatable bonds is 4. The molecule has 1 aromatic rings. The van der Waals surface area contributed by atoms with Crippen LogP contribution in [-0.2, 0) is 24.1 Å². The second kappa shape index (κ2) is 7.61. The highest BCUT2D eigenvalue weighted by Crippen LogP contribution is 2.15. The van der Waals surface area contributed by atoms with Crippen molar-refractivity contribution in [2.24, 2.45) is 20.0 Å². The van der Waals surface area contributed by atoms with E-state index in [4.69, 9.17) is 0 Å². The van der Waals surface area contributed by atoms with Crippen molar-refractivity contribution in [2.75, 3.05) is 13.1 Å². The minimum absolute atomic E-state index is 0. The van der Waals surface area contributed by atoms with Crippen molar-refractivity contribution in [3.63, 3.8) is 0 Å². The summed E-state index contributed by atoms with van der Waals surface area (Å²) in [6, 6.07) is -0.292. The van der Waals surface area contributed by atoms with Crippen molar-refractivity contribution < 1.29 is 8.42 Å². The first kappa shape index (κ1) is 19.9. The van der Waals surface area contributed by atoms with Crippen LogP contribution in [0.3, 0.4) is 0 Å². The smallest absolute Gasteiger partial charge is 0.316 e. The van der Waals surface area contributed by atoms with E-state index >= 15 is 0 Å². The zero-order valence-corrected chi connectivity index (χ0v) is 15.0. The molecule has 23 heavy (non-hydrogen) atoms. The summed E-state index contributed by atoms with van der Waals surface area (Å²) in [6.45, 7) is 3.48. The average Bonchev–Trinajstić information content (AvgIpc) is 2.49. The van der Waals surface area contributed by atoms with Crippen LogP contribution in [0.5, 0.6) is 0 Å². The van der Waals surface area contributed by atoms with Crippen LogP contribution in [-0.4, -0.2) is 36.7 Å². The Bertz CT molecular complexity index is 765. The van der Waals surface area contributed by atoms with Gasteiger partial charge >= 0.3 is 5.69 Å². The van der Waals surface area contributed by atoms with Gasteiger partial charge in [0.25, 0.3) is 5.56 Å². The van der Waals surface area contributed by atoms with E-state index in [2.05, 4.69) is 10.0 Å². The molecule has 0 saturated carbocycles. The van der Waals surface area contributed by atoms with Gasteiger partial charge in [-0.2, -0.15) is 0 Å². The Hall–Kier alpha value is -1.16. The molecule has 0 bridgehead atoms. The number of aryl methyl sites for hydroxylation is 1. The van der Waals surface area contributed by atoms with E-state index in [1.165, 1.54) is 14.1 Å². The number of aromatic nitrogens is 2. The van der Waals surface area contributed by atoms with Crippen LogP contribution in [0.25, 0.3) is 0 Å². The largest absolute Gasteiger partial charge is 0.330 e. The van der Waals surface area contributed by atoms with Gasteiger partial charge in [0.2, 0.25) is 10.0 Å². The maximum atomic E-state index is 12.5. The minimum atomic E-state index is -3.97. The van der Waals surface area contributed by atoms with Crippen LogP contribution >= 0.6 is 12.4 Å². The Morgan fingerprint density at radius 3 is 2.57 bits per heavy atom. The molecule has 1 saturated heterocycles. The predicted molar refractivity (Wildman–Crippen MR) is 89.5 cm³/mol. The van der Waals surface area contributed by atoms with E-state index in [1.54, 1.807) is 6.92 Å². The Morgan fingerprint density at radius 2 is 2.00 bits per heavy atom. The molecule has 1 aromatic heterocycles. The molecule has 0 radical (unpaired) electrons. The molecule has 0 spiro atoms. The standard InChI is InChI=1S/C13H22N4O4S.ClH/c1-9(10-5-4-6-14-7-10)15-22(20,21)11-8-16(2)13(19)17(3)12(11)18;/h8-10,14-15H,4-7H2,1-3H3;1H. The number of piperidine rings is 1. The van der Waals surface area contributed by atoms with Gasteiger partial charge in [-0.15, -0.1) is 12.4 Å². The molecular weight excluding hydrogens is 344 g/mol. The van der Waals surface area contributed by atoms with Crippen molar-refractivity contribution >= 4 is 22.4 Å². The second-order valence-electron chi connectivity index (χ2n) is 5.77. The number of hydrogen-bond donors (Lipinski definition) is 2. The van der Waals surface area contributed by atoms with Gasteiger partial charge in [0.15, 0.2) is 4.90 Å². The fraction of sp³-hybridized carbons (Fsp3) is 0.692. The molecule has 2 rings (SSSR count). The lowest BCUT2D eigenvalue weighted by atomic mass is 9.94. The molecule has 1 fully saturated rings. The maximum absolute atomic E-state index is 12.5. The van der Waals surface area contributed by atoms with Gasteiger partial charge in [-0.1, -0.05) is 0 Å². The quantitative estimate of drug-likeness (QED) is 0.724. The van der Waals surface area contributed by atoms with Crippen molar-refractivity contribution in [3.05, 3.63) is 27.0 Å². The van der Waals surface area contributed by atoms with Gasteiger partial charge in [-0.25, -0.2) is 17.9 Å². The number of halogens is 1. The molecule has 0 aliphatic carbocycles. The van der Waals surface area contributed by atoms with Gasteiger partial charge in [0, 0.05) is 26.3 Å². The maximum Gasteiger partial charge on any atom is 0.330 e. The molecule has 1 aliphatic rings. The Kier molecular flexibility index (Phi) is 6.58. The summed E-state index contributed by atoms with van der Waals surface area (Å²) < 4.78 is 29.4. The first-order valence-electron chi connectivity index (χ1n) is 7.23. The summed E-state index contributed by atoms with van der Waals surface area (Å²) in [4.78, 5) is 23.3. The molecule has 2 heterocycles. The monoisotopic (exact) mass is 366 g/mol. The zero-order chi connectivity index (χ0) is 16.5. The Labute approximate surface area is 141 Å². The van der Waals surface area contributed by atoms with Crippen LogP contribution in [0.4, 0.5) is 0 Å². The molecule has 0 aromatic carbocycles. The highest BCUT2D eigenvalue weighted by Gasteiger charge is 2.27. The molecule has 2 N–H and O–H groups in total. The van der Waals surface area contributed by atoms with Crippen molar-refractivity contribution in [2.45, 2.75) is 30.7 Å².